The second-order valence-electron chi connectivity index (χ2n) is 10.1. The van der Waals surface area contributed by atoms with Gasteiger partial charge in [-0.2, -0.15) is 0 Å². The monoisotopic (exact) mass is 628 g/mol. The Balaban J connectivity index is 2.09. The number of benzene rings is 3. The van der Waals surface area contributed by atoms with Crippen LogP contribution in [0.2, 0.25) is 0 Å². The standard InChI is InChI=1S/C31H37FN4O7S/c1-5-7-18-33-31(38)28(6-2)34(20-23-9-11-24(32)12-10-23)30(37)21-35(25-13-15-26(43-4)16-14-25)44(41,42)27-17-8-22(3)29(19-27)36(39)40/h8-17,19,28H,5-7,18,20-21H2,1-4H3,(H,33,38)/t28-/m0/s1. The van der Waals surface area contributed by atoms with Crippen LogP contribution in [-0.4, -0.2) is 56.3 Å². The van der Waals surface area contributed by atoms with E-state index in [-0.39, 0.29) is 34.8 Å². The van der Waals surface area contributed by atoms with Crippen molar-refractivity contribution >= 4 is 33.2 Å². The third-order valence-corrected chi connectivity index (χ3v) is 8.86. The molecule has 3 aromatic rings. The molecule has 44 heavy (non-hydrogen) atoms. The largest absolute Gasteiger partial charge is 0.497 e. The van der Waals surface area contributed by atoms with Crippen LogP contribution in [0.4, 0.5) is 15.8 Å². The number of rotatable bonds is 15. The summed E-state index contributed by atoms with van der Waals surface area (Å²) in [5.74, 6) is -1.13. The first kappa shape index (κ1) is 34.0. The molecule has 2 amide bonds. The molecule has 0 saturated carbocycles. The maximum Gasteiger partial charge on any atom is 0.273 e. The summed E-state index contributed by atoms with van der Waals surface area (Å²) in [6.07, 6.45) is 1.81. The predicted octanol–water partition coefficient (Wildman–Crippen LogP) is 4.97. The molecule has 0 aliphatic heterocycles. The Bertz CT molecular complexity index is 1560. The smallest absolute Gasteiger partial charge is 0.273 e. The number of hydrogen-bond acceptors (Lipinski definition) is 7. The topological polar surface area (TPSA) is 139 Å². The van der Waals surface area contributed by atoms with E-state index in [4.69, 9.17) is 4.74 Å². The summed E-state index contributed by atoms with van der Waals surface area (Å²) in [5.41, 5.74) is 0.517. The number of nitrogens with zero attached hydrogens (tertiary/aromatic N) is 3. The molecule has 0 bridgehead atoms. The van der Waals surface area contributed by atoms with Crippen LogP contribution in [0.15, 0.2) is 71.6 Å². The lowest BCUT2D eigenvalue weighted by Gasteiger charge is -2.33. The molecule has 0 aromatic heterocycles. The van der Waals surface area contributed by atoms with Crippen molar-refractivity contribution in [3.8, 4) is 5.75 Å². The predicted molar refractivity (Wildman–Crippen MR) is 164 cm³/mol. The lowest BCUT2D eigenvalue weighted by atomic mass is 10.1. The molecule has 1 atom stereocenters. The number of nitrogens with one attached hydrogen (secondary N) is 1. The summed E-state index contributed by atoms with van der Waals surface area (Å²) in [5, 5.41) is 14.4. The highest BCUT2D eigenvalue weighted by atomic mass is 32.2. The van der Waals surface area contributed by atoms with Crippen molar-refractivity contribution in [3.63, 3.8) is 0 Å². The van der Waals surface area contributed by atoms with E-state index in [1.54, 1.807) is 6.92 Å². The van der Waals surface area contributed by atoms with Crippen LogP contribution >= 0.6 is 0 Å². The number of carbonyl (C=O) groups is 2. The van der Waals surface area contributed by atoms with Crippen molar-refractivity contribution in [2.75, 3.05) is 24.5 Å². The van der Waals surface area contributed by atoms with Crippen molar-refractivity contribution < 1.29 is 32.1 Å². The molecular formula is C31H37FN4O7S. The van der Waals surface area contributed by atoms with Crippen molar-refractivity contribution in [3.05, 3.63) is 93.8 Å². The number of anilines is 1. The number of ether oxygens (including phenoxy) is 1. The number of halogens is 1. The summed E-state index contributed by atoms with van der Waals surface area (Å²) in [4.78, 5) is 39.2. The van der Waals surface area contributed by atoms with E-state index in [1.165, 1.54) is 79.6 Å². The number of unbranched alkanes of at least 4 members (excludes halogenated alkanes) is 1. The number of aryl methyl sites for hydroxylation is 1. The Labute approximate surface area is 256 Å². The average Bonchev–Trinajstić information content (AvgIpc) is 3.00. The van der Waals surface area contributed by atoms with E-state index in [1.807, 2.05) is 6.92 Å². The highest BCUT2D eigenvalue weighted by Gasteiger charge is 2.34. The van der Waals surface area contributed by atoms with Crippen LogP contribution in [0.25, 0.3) is 0 Å². The normalized spacial score (nSPS) is 11.8. The van der Waals surface area contributed by atoms with Crippen molar-refractivity contribution in [2.24, 2.45) is 0 Å². The zero-order valence-electron chi connectivity index (χ0n) is 25.2. The Morgan fingerprint density at radius 1 is 1.05 bits per heavy atom. The third kappa shape index (κ3) is 8.31. The summed E-state index contributed by atoms with van der Waals surface area (Å²) in [6.45, 7) is 4.79. The van der Waals surface area contributed by atoms with Crippen LogP contribution in [0, 0.1) is 22.9 Å². The van der Waals surface area contributed by atoms with Gasteiger partial charge in [0, 0.05) is 24.7 Å². The highest BCUT2D eigenvalue weighted by molar-refractivity contribution is 7.92. The molecule has 3 rings (SSSR count). The molecule has 0 aliphatic carbocycles. The van der Waals surface area contributed by atoms with Gasteiger partial charge >= 0.3 is 0 Å². The quantitative estimate of drug-likeness (QED) is 0.142. The maximum atomic E-state index is 14.1. The highest BCUT2D eigenvalue weighted by Crippen LogP contribution is 2.29. The molecule has 0 spiro atoms. The molecule has 0 heterocycles. The number of carbonyl (C=O) groups excluding carboxylic acids is 2. The van der Waals surface area contributed by atoms with Gasteiger partial charge in [0.1, 0.15) is 24.2 Å². The van der Waals surface area contributed by atoms with Crippen LogP contribution in [0.1, 0.15) is 44.2 Å². The van der Waals surface area contributed by atoms with Gasteiger partial charge < -0.3 is 15.0 Å². The third-order valence-electron chi connectivity index (χ3n) is 7.09. The summed E-state index contributed by atoms with van der Waals surface area (Å²) in [7, 11) is -3.09. The molecule has 11 nitrogen and oxygen atoms in total. The van der Waals surface area contributed by atoms with Gasteiger partial charge in [0.25, 0.3) is 15.7 Å². The van der Waals surface area contributed by atoms with E-state index >= 15 is 0 Å². The van der Waals surface area contributed by atoms with Crippen LogP contribution in [-0.2, 0) is 26.2 Å². The van der Waals surface area contributed by atoms with Crippen molar-refractivity contribution in [2.45, 2.75) is 57.5 Å². The Morgan fingerprint density at radius 2 is 1.70 bits per heavy atom. The molecule has 3 aromatic carbocycles. The van der Waals surface area contributed by atoms with Gasteiger partial charge in [0.05, 0.1) is 22.6 Å². The fourth-order valence-corrected chi connectivity index (χ4v) is 6.00. The maximum absolute atomic E-state index is 14.1. The second-order valence-corrected chi connectivity index (χ2v) is 12.0. The Hall–Kier alpha value is -4.52. The average molecular weight is 629 g/mol. The van der Waals surface area contributed by atoms with Gasteiger partial charge in [0.15, 0.2) is 0 Å². The minimum Gasteiger partial charge on any atom is -0.497 e. The van der Waals surface area contributed by atoms with Gasteiger partial charge in [-0.3, -0.25) is 24.0 Å². The van der Waals surface area contributed by atoms with Gasteiger partial charge in [-0.1, -0.05) is 38.5 Å². The zero-order chi connectivity index (χ0) is 32.4. The summed E-state index contributed by atoms with van der Waals surface area (Å²) < 4.78 is 47.8. The molecule has 0 saturated heterocycles. The fourth-order valence-electron chi connectivity index (χ4n) is 4.56. The van der Waals surface area contributed by atoms with Gasteiger partial charge in [-0.05, 0) is 67.8 Å². The SMILES string of the molecule is CCCCNC(=O)[C@H](CC)N(Cc1ccc(F)cc1)C(=O)CN(c1ccc(OC)cc1)S(=O)(=O)c1ccc(C)c([N+](=O)[O-])c1. The summed E-state index contributed by atoms with van der Waals surface area (Å²) in [6, 6.07) is 14.0. The minimum atomic E-state index is -4.53. The van der Waals surface area contributed by atoms with Crippen molar-refractivity contribution in [1.82, 2.24) is 10.2 Å². The number of hydrogen-bond donors (Lipinski definition) is 1. The van der Waals surface area contributed by atoms with Gasteiger partial charge in [0.2, 0.25) is 11.8 Å². The molecule has 0 unspecified atom stereocenters. The first-order chi connectivity index (χ1) is 20.9. The Kier molecular flexibility index (Phi) is 11.8. The summed E-state index contributed by atoms with van der Waals surface area (Å²) >= 11 is 0. The van der Waals surface area contributed by atoms with E-state index in [9.17, 15) is 32.5 Å². The van der Waals surface area contributed by atoms with E-state index in [0.29, 0.717) is 17.9 Å². The number of sulfonamides is 1. The molecule has 13 heteroatoms. The lowest BCUT2D eigenvalue weighted by molar-refractivity contribution is -0.385. The second kappa shape index (κ2) is 15.3. The van der Waals surface area contributed by atoms with Crippen molar-refractivity contribution in [1.29, 1.82) is 0 Å². The lowest BCUT2D eigenvalue weighted by Crippen LogP contribution is -2.52. The van der Waals surface area contributed by atoms with E-state index in [2.05, 4.69) is 5.32 Å². The molecule has 0 aliphatic rings. The van der Waals surface area contributed by atoms with Gasteiger partial charge in [-0.25, -0.2) is 12.8 Å². The number of methoxy groups -OCH3 is 1. The Morgan fingerprint density at radius 3 is 2.27 bits per heavy atom. The first-order valence-corrected chi connectivity index (χ1v) is 15.6. The van der Waals surface area contributed by atoms with Crippen LogP contribution < -0.4 is 14.4 Å². The van der Waals surface area contributed by atoms with Gasteiger partial charge in [-0.15, -0.1) is 0 Å². The minimum absolute atomic E-state index is 0.0919. The number of nitro groups is 1. The number of amides is 2. The number of nitro benzene ring substituents is 1. The molecule has 1 N–H and O–H groups in total. The molecular weight excluding hydrogens is 591 g/mol. The molecule has 0 radical (unpaired) electrons. The zero-order valence-corrected chi connectivity index (χ0v) is 26.0. The fraction of sp³-hybridized carbons (Fsp3) is 0.355. The van der Waals surface area contributed by atoms with Crippen LogP contribution in [0.3, 0.4) is 0 Å². The molecule has 0 fully saturated rings. The van der Waals surface area contributed by atoms with Crippen LogP contribution in [0.5, 0.6) is 5.75 Å². The van der Waals surface area contributed by atoms with E-state index < -0.39 is 45.2 Å². The molecule has 236 valence electrons. The van der Waals surface area contributed by atoms with E-state index in [0.717, 1.165) is 23.2 Å². The first-order valence-electron chi connectivity index (χ1n) is 14.2.